The van der Waals surface area contributed by atoms with Crippen LogP contribution < -0.4 is 10.1 Å². The van der Waals surface area contributed by atoms with Crippen LogP contribution in [0.2, 0.25) is 0 Å². The van der Waals surface area contributed by atoms with Crippen molar-refractivity contribution < 1.29 is 4.74 Å². The van der Waals surface area contributed by atoms with E-state index in [2.05, 4.69) is 63.7 Å². The molecule has 3 heteroatoms. The third-order valence-corrected chi connectivity index (χ3v) is 4.74. The summed E-state index contributed by atoms with van der Waals surface area (Å²) in [7, 11) is 1.72. The van der Waals surface area contributed by atoms with Crippen LogP contribution in [-0.4, -0.2) is 13.2 Å². The minimum atomic E-state index is 0.629. The van der Waals surface area contributed by atoms with E-state index in [1.54, 1.807) is 7.11 Å². The second-order valence-electron chi connectivity index (χ2n) is 5.65. The van der Waals surface area contributed by atoms with Gasteiger partial charge in [0, 0.05) is 17.1 Å². The molecule has 21 heavy (non-hydrogen) atoms. The highest BCUT2D eigenvalue weighted by molar-refractivity contribution is 9.10. The summed E-state index contributed by atoms with van der Waals surface area (Å²) in [4.78, 5) is 0. The first-order valence-corrected chi connectivity index (χ1v) is 8.15. The molecule has 110 valence electrons. The minimum absolute atomic E-state index is 0.629. The van der Waals surface area contributed by atoms with E-state index in [4.69, 9.17) is 4.74 Å². The summed E-state index contributed by atoms with van der Waals surface area (Å²) in [6.45, 7) is 0.947. The quantitative estimate of drug-likeness (QED) is 0.861. The predicted octanol–water partition coefficient (Wildman–Crippen LogP) is 4.49. The summed E-state index contributed by atoms with van der Waals surface area (Å²) >= 11 is 3.47. The molecule has 0 aliphatic heterocycles. The van der Waals surface area contributed by atoms with Gasteiger partial charge in [0.2, 0.25) is 0 Å². The van der Waals surface area contributed by atoms with E-state index >= 15 is 0 Å². The summed E-state index contributed by atoms with van der Waals surface area (Å²) in [5, 5.41) is 3.64. The van der Waals surface area contributed by atoms with Crippen molar-refractivity contribution in [2.45, 2.75) is 31.3 Å². The zero-order valence-electron chi connectivity index (χ0n) is 12.2. The number of halogens is 1. The highest BCUT2D eigenvalue weighted by Crippen LogP contribution is 2.38. The Labute approximate surface area is 134 Å². The first-order valence-electron chi connectivity index (χ1n) is 7.36. The standard InChI is InChI=1S/C18H20BrNO/c1-21-18-4-2-3-14(11-18)15-9-17(10-15)20-12-13-5-7-16(19)8-6-13/h2-8,11,15,17,20H,9-10,12H2,1H3. The van der Waals surface area contributed by atoms with Gasteiger partial charge >= 0.3 is 0 Å². The molecule has 2 aromatic rings. The molecular weight excluding hydrogens is 326 g/mol. The van der Waals surface area contributed by atoms with Crippen LogP contribution in [0.3, 0.4) is 0 Å². The Hall–Kier alpha value is -1.32. The van der Waals surface area contributed by atoms with Gasteiger partial charge in [0.25, 0.3) is 0 Å². The fourth-order valence-corrected chi connectivity index (χ4v) is 3.08. The molecule has 0 saturated heterocycles. The van der Waals surface area contributed by atoms with Crippen molar-refractivity contribution in [2.24, 2.45) is 0 Å². The van der Waals surface area contributed by atoms with E-state index in [0.29, 0.717) is 12.0 Å². The molecule has 1 aliphatic carbocycles. The Bertz CT molecular complexity index is 590. The minimum Gasteiger partial charge on any atom is -0.497 e. The largest absolute Gasteiger partial charge is 0.497 e. The smallest absolute Gasteiger partial charge is 0.119 e. The molecule has 3 rings (SSSR count). The van der Waals surface area contributed by atoms with Gasteiger partial charge in [0.1, 0.15) is 5.75 Å². The fourth-order valence-electron chi connectivity index (χ4n) is 2.82. The molecular formula is C18H20BrNO. The van der Waals surface area contributed by atoms with Gasteiger partial charge in [-0.3, -0.25) is 0 Å². The lowest BCUT2D eigenvalue weighted by Gasteiger charge is -2.36. The third kappa shape index (κ3) is 3.66. The van der Waals surface area contributed by atoms with Crippen LogP contribution in [0.25, 0.3) is 0 Å². The van der Waals surface area contributed by atoms with E-state index in [-0.39, 0.29) is 0 Å². The van der Waals surface area contributed by atoms with Crippen molar-refractivity contribution in [3.05, 3.63) is 64.1 Å². The molecule has 0 unspecified atom stereocenters. The summed E-state index contributed by atoms with van der Waals surface area (Å²) < 4.78 is 6.43. The van der Waals surface area contributed by atoms with Crippen LogP contribution in [0.1, 0.15) is 29.9 Å². The van der Waals surface area contributed by atoms with Crippen molar-refractivity contribution >= 4 is 15.9 Å². The average Bonchev–Trinajstić information content (AvgIpc) is 2.48. The van der Waals surface area contributed by atoms with Gasteiger partial charge in [0.05, 0.1) is 7.11 Å². The Morgan fingerprint density at radius 3 is 2.62 bits per heavy atom. The van der Waals surface area contributed by atoms with Crippen molar-refractivity contribution in [3.63, 3.8) is 0 Å². The molecule has 0 spiro atoms. The van der Waals surface area contributed by atoms with E-state index in [1.807, 2.05) is 6.07 Å². The second-order valence-corrected chi connectivity index (χ2v) is 6.56. The van der Waals surface area contributed by atoms with Gasteiger partial charge in [-0.05, 0) is 54.2 Å². The van der Waals surface area contributed by atoms with E-state index in [1.165, 1.54) is 24.0 Å². The van der Waals surface area contributed by atoms with Gasteiger partial charge < -0.3 is 10.1 Å². The lowest BCUT2D eigenvalue weighted by Crippen LogP contribution is -2.39. The zero-order chi connectivity index (χ0) is 14.7. The molecule has 0 bridgehead atoms. The number of methoxy groups -OCH3 is 1. The summed E-state index contributed by atoms with van der Waals surface area (Å²) in [5.41, 5.74) is 2.74. The van der Waals surface area contributed by atoms with Crippen LogP contribution in [0, 0.1) is 0 Å². The average molecular weight is 346 g/mol. The summed E-state index contributed by atoms with van der Waals surface area (Å²) in [6, 6.07) is 17.6. The first-order chi connectivity index (χ1) is 10.2. The zero-order valence-corrected chi connectivity index (χ0v) is 13.8. The fraction of sp³-hybridized carbons (Fsp3) is 0.333. The molecule has 1 fully saturated rings. The topological polar surface area (TPSA) is 21.3 Å². The van der Waals surface area contributed by atoms with Crippen molar-refractivity contribution in [1.82, 2.24) is 5.32 Å². The summed E-state index contributed by atoms with van der Waals surface area (Å²) in [5.74, 6) is 1.63. The monoisotopic (exact) mass is 345 g/mol. The molecule has 0 heterocycles. The van der Waals surface area contributed by atoms with Gasteiger partial charge in [-0.15, -0.1) is 0 Å². The highest BCUT2D eigenvalue weighted by Gasteiger charge is 2.29. The van der Waals surface area contributed by atoms with Crippen LogP contribution >= 0.6 is 15.9 Å². The van der Waals surface area contributed by atoms with E-state index in [9.17, 15) is 0 Å². The lowest BCUT2D eigenvalue weighted by atomic mass is 9.76. The van der Waals surface area contributed by atoms with Gasteiger partial charge in [-0.1, -0.05) is 40.2 Å². The molecule has 1 saturated carbocycles. The van der Waals surface area contributed by atoms with Crippen molar-refractivity contribution in [3.8, 4) is 5.75 Å². The maximum absolute atomic E-state index is 5.30. The van der Waals surface area contributed by atoms with Gasteiger partial charge in [-0.25, -0.2) is 0 Å². The van der Waals surface area contributed by atoms with Crippen molar-refractivity contribution in [2.75, 3.05) is 7.11 Å². The maximum Gasteiger partial charge on any atom is 0.119 e. The Morgan fingerprint density at radius 1 is 1.14 bits per heavy atom. The molecule has 0 aromatic heterocycles. The Balaban J connectivity index is 1.48. The first kappa shape index (κ1) is 14.6. The van der Waals surface area contributed by atoms with Crippen LogP contribution in [-0.2, 0) is 6.54 Å². The Kier molecular flexibility index (Phi) is 4.61. The molecule has 2 aromatic carbocycles. The maximum atomic E-state index is 5.30. The van der Waals surface area contributed by atoms with Crippen molar-refractivity contribution in [1.29, 1.82) is 0 Å². The number of rotatable bonds is 5. The normalized spacial score (nSPS) is 20.9. The molecule has 2 nitrogen and oxygen atoms in total. The van der Waals surface area contributed by atoms with Crippen LogP contribution in [0.15, 0.2) is 53.0 Å². The number of hydrogen-bond donors (Lipinski definition) is 1. The number of hydrogen-bond acceptors (Lipinski definition) is 2. The molecule has 1 N–H and O–H groups in total. The molecule has 0 atom stereocenters. The van der Waals surface area contributed by atoms with Crippen LogP contribution in [0.4, 0.5) is 0 Å². The van der Waals surface area contributed by atoms with Crippen LogP contribution in [0.5, 0.6) is 5.75 Å². The molecule has 0 amide bonds. The number of benzene rings is 2. The molecule has 0 radical (unpaired) electrons. The number of ether oxygens (including phenoxy) is 1. The number of nitrogens with one attached hydrogen (secondary N) is 1. The van der Waals surface area contributed by atoms with Gasteiger partial charge in [0.15, 0.2) is 0 Å². The third-order valence-electron chi connectivity index (χ3n) is 4.21. The summed E-state index contributed by atoms with van der Waals surface area (Å²) in [6.07, 6.45) is 2.42. The van der Waals surface area contributed by atoms with Gasteiger partial charge in [-0.2, -0.15) is 0 Å². The lowest BCUT2D eigenvalue weighted by molar-refractivity contribution is 0.289. The second kappa shape index (κ2) is 6.63. The van der Waals surface area contributed by atoms with E-state index < -0.39 is 0 Å². The molecule has 1 aliphatic rings. The SMILES string of the molecule is COc1cccc(C2CC(NCc3ccc(Br)cc3)C2)c1. The van der Waals surface area contributed by atoms with E-state index in [0.717, 1.165) is 16.8 Å². The predicted molar refractivity (Wildman–Crippen MR) is 89.7 cm³/mol. The highest BCUT2D eigenvalue weighted by atomic mass is 79.9. The Morgan fingerprint density at radius 2 is 1.90 bits per heavy atom.